The van der Waals surface area contributed by atoms with Crippen molar-refractivity contribution in [2.75, 3.05) is 0 Å². The van der Waals surface area contributed by atoms with Crippen LogP contribution in [0.1, 0.15) is 30.4 Å². The largest absolute Gasteiger partial charge is 0.317 e. The summed E-state index contributed by atoms with van der Waals surface area (Å²) in [5.41, 5.74) is 0.671. The second kappa shape index (κ2) is 5.13. The number of benzene rings is 1. The highest BCUT2D eigenvalue weighted by atomic mass is 32.2. The normalized spacial score (nSPS) is 15.2. The molecule has 2 heterocycles. The molecule has 1 fully saturated rings. The summed E-state index contributed by atoms with van der Waals surface area (Å²) in [6, 6.07) is 10.8. The summed E-state index contributed by atoms with van der Waals surface area (Å²) >= 11 is 0. The summed E-state index contributed by atoms with van der Waals surface area (Å²) in [5.74, 6) is 1.58. The number of hydrogen-bond acceptors (Lipinski definition) is 5. The minimum absolute atomic E-state index is 0.0761. The van der Waals surface area contributed by atoms with Crippen LogP contribution in [-0.4, -0.2) is 28.2 Å². The van der Waals surface area contributed by atoms with Crippen LogP contribution >= 0.6 is 0 Å². The lowest BCUT2D eigenvalue weighted by Crippen LogP contribution is -2.11. The molecule has 0 spiro atoms. The first kappa shape index (κ1) is 14.3. The Kier molecular flexibility index (Phi) is 3.19. The van der Waals surface area contributed by atoms with Crippen LogP contribution in [0.15, 0.2) is 41.4 Å². The molecule has 0 amide bonds. The Balaban J connectivity index is 1.68. The maximum absolute atomic E-state index is 12.6. The first-order valence-electron chi connectivity index (χ1n) is 7.51. The van der Waals surface area contributed by atoms with Crippen molar-refractivity contribution in [2.45, 2.75) is 29.5 Å². The Bertz CT molecular complexity index is 990. The molecule has 1 saturated carbocycles. The lowest BCUT2D eigenvalue weighted by Gasteiger charge is -2.06. The van der Waals surface area contributed by atoms with E-state index in [-0.39, 0.29) is 10.8 Å². The van der Waals surface area contributed by atoms with Crippen LogP contribution < -0.4 is 0 Å². The van der Waals surface area contributed by atoms with Crippen molar-refractivity contribution in [3.8, 4) is 0 Å². The number of nitrogens with zero attached hydrogens (tertiary/aromatic N) is 4. The summed E-state index contributed by atoms with van der Waals surface area (Å²) in [6.45, 7) is 0. The van der Waals surface area contributed by atoms with Gasteiger partial charge in [-0.25, -0.2) is 13.4 Å². The number of fused-ring (bicyclic) bond motifs is 1. The van der Waals surface area contributed by atoms with Gasteiger partial charge in [-0.05, 0) is 31.0 Å². The highest BCUT2D eigenvalue weighted by Gasteiger charge is 2.30. The lowest BCUT2D eigenvalue weighted by molar-refractivity contribution is 0.588. The van der Waals surface area contributed by atoms with E-state index in [0.29, 0.717) is 17.3 Å². The van der Waals surface area contributed by atoms with Gasteiger partial charge in [0.1, 0.15) is 17.4 Å². The molecule has 2 aromatic heterocycles. The van der Waals surface area contributed by atoms with Crippen molar-refractivity contribution in [3.05, 3.63) is 48.0 Å². The molecule has 4 rings (SSSR count). The number of pyridine rings is 1. The Morgan fingerprint density at radius 2 is 1.91 bits per heavy atom. The topological polar surface area (TPSA) is 77.7 Å². The highest BCUT2D eigenvalue weighted by molar-refractivity contribution is 7.90. The molecule has 0 atom stereocenters. The van der Waals surface area contributed by atoms with Gasteiger partial charge in [-0.2, -0.15) is 0 Å². The third-order valence-corrected chi connectivity index (χ3v) is 5.65. The molecule has 0 N–H and O–H groups in total. The summed E-state index contributed by atoms with van der Waals surface area (Å²) in [4.78, 5) is 4.28. The van der Waals surface area contributed by atoms with Gasteiger partial charge in [-0.15, -0.1) is 10.2 Å². The molecule has 0 bridgehead atoms. The Labute approximate surface area is 134 Å². The zero-order valence-corrected chi connectivity index (χ0v) is 13.5. The van der Waals surface area contributed by atoms with Crippen molar-refractivity contribution in [2.24, 2.45) is 7.05 Å². The molecule has 0 saturated heterocycles. The fourth-order valence-electron chi connectivity index (χ4n) is 2.66. The van der Waals surface area contributed by atoms with E-state index < -0.39 is 9.84 Å². The first-order valence-corrected chi connectivity index (χ1v) is 9.16. The summed E-state index contributed by atoms with van der Waals surface area (Å²) in [5, 5.41) is 9.18. The van der Waals surface area contributed by atoms with Gasteiger partial charge in [-0.1, -0.05) is 18.2 Å². The quantitative estimate of drug-likeness (QED) is 0.734. The van der Waals surface area contributed by atoms with E-state index in [4.69, 9.17) is 0 Å². The van der Waals surface area contributed by atoms with Crippen molar-refractivity contribution < 1.29 is 8.42 Å². The van der Waals surface area contributed by atoms with Gasteiger partial charge in [0.05, 0.1) is 5.52 Å². The number of para-hydroxylation sites is 1. The van der Waals surface area contributed by atoms with Gasteiger partial charge < -0.3 is 4.57 Å². The van der Waals surface area contributed by atoms with E-state index in [9.17, 15) is 8.42 Å². The summed E-state index contributed by atoms with van der Waals surface area (Å²) < 4.78 is 27.1. The number of hydrogen-bond donors (Lipinski definition) is 0. The molecule has 23 heavy (non-hydrogen) atoms. The second-order valence-corrected chi connectivity index (χ2v) is 7.85. The molecule has 1 aliphatic carbocycles. The van der Waals surface area contributed by atoms with E-state index in [1.807, 2.05) is 31.3 Å². The highest BCUT2D eigenvalue weighted by Crippen LogP contribution is 2.38. The standard InChI is InChI=1S/C16H16N4O2S/c1-20-14(18-19-16(20)12-6-7-12)10-23(21,22)15-9-8-11-4-2-3-5-13(11)17-15/h2-5,8-9,12H,6-7,10H2,1H3. The second-order valence-electron chi connectivity index (χ2n) is 5.91. The van der Waals surface area contributed by atoms with Crippen molar-refractivity contribution in [3.63, 3.8) is 0 Å². The van der Waals surface area contributed by atoms with Crippen molar-refractivity contribution in [1.29, 1.82) is 0 Å². The predicted molar refractivity (Wildman–Crippen MR) is 85.6 cm³/mol. The fourth-order valence-corrected chi connectivity index (χ4v) is 3.91. The lowest BCUT2D eigenvalue weighted by atomic mass is 10.2. The van der Waals surface area contributed by atoms with E-state index >= 15 is 0 Å². The van der Waals surface area contributed by atoms with Crippen LogP contribution in [-0.2, 0) is 22.6 Å². The Morgan fingerprint density at radius 3 is 2.70 bits per heavy atom. The maximum Gasteiger partial charge on any atom is 0.202 e. The third-order valence-electron chi connectivity index (χ3n) is 4.15. The molecule has 118 valence electrons. The van der Waals surface area contributed by atoms with E-state index in [1.165, 1.54) is 0 Å². The number of sulfone groups is 1. The zero-order chi connectivity index (χ0) is 16.0. The van der Waals surface area contributed by atoms with Gasteiger partial charge in [0.2, 0.25) is 9.84 Å². The average Bonchev–Trinajstić information content (AvgIpc) is 3.33. The molecule has 0 radical (unpaired) electrons. The minimum Gasteiger partial charge on any atom is -0.317 e. The van der Waals surface area contributed by atoms with Crippen LogP contribution in [0, 0.1) is 0 Å². The SMILES string of the molecule is Cn1c(CS(=O)(=O)c2ccc3ccccc3n2)nnc1C1CC1. The summed E-state index contributed by atoms with van der Waals surface area (Å²) in [7, 11) is -1.73. The molecule has 0 unspecified atom stereocenters. The van der Waals surface area contributed by atoms with Crippen LogP contribution in [0.25, 0.3) is 10.9 Å². The van der Waals surface area contributed by atoms with E-state index in [1.54, 1.807) is 16.7 Å². The van der Waals surface area contributed by atoms with Crippen molar-refractivity contribution in [1.82, 2.24) is 19.7 Å². The molecule has 0 aliphatic heterocycles. The van der Waals surface area contributed by atoms with Crippen LogP contribution in [0.5, 0.6) is 0 Å². The van der Waals surface area contributed by atoms with Gasteiger partial charge in [0, 0.05) is 18.4 Å². The monoisotopic (exact) mass is 328 g/mol. The Morgan fingerprint density at radius 1 is 1.13 bits per heavy atom. The van der Waals surface area contributed by atoms with Gasteiger partial charge >= 0.3 is 0 Å². The fraction of sp³-hybridized carbons (Fsp3) is 0.312. The van der Waals surface area contributed by atoms with Gasteiger partial charge in [-0.3, -0.25) is 0 Å². The molecule has 3 aromatic rings. The number of rotatable bonds is 4. The maximum atomic E-state index is 12.6. The van der Waals surface area contributed by atoms with Gasteiger partial charge in [0.25, 0.3) is 0 Å². The summed E-state index contributed by atoms with van der Waals surface area (Å²) in [6.07, 6.45) is 2.20. The molecular formula is C16H16N4O2S. The van der Waals surface area contributed by atoms with Crippen LogP contribution in [0.4, 0.5) is 0 Å². The zero-order valence-electron chi connectivity index (χ0n) is 12.7. The Hall–Kier alpha value is -2.28. The molecule has 7 heteroatoms. The smallest absolute Gasteiger partial charge is 0.202 e. The molecule has 1 aromatic carbocycles. The third kappa shape index (κ3) is 2.61. The molecule has 6 nitrogen and oxygen atoms in total. The van der Waals surface area contributed by atoms with Crippen LogP contribution in [0.2, 0.25) is 0 Å². The van der Waals surface area contributed by atoms with E-state index in [2.05, 4.69) is 15.2 Å². The van der Waals surface area contributed by atoms with Crippen molar-refractivity contribution >= 4 is 20.7 Å². The molecule has 1 aliphatic rings. The molecular weight excluding hydrogens is 312 g/mol. The number of aromatic nitrogens is 4. The average molecular weight is 328 g/mol. The predicted octanol–water partition coefficient (Wildman–Crippen LogP) is 2.21. The minimum atomic E-state index is -3.55. The van der Waals surface area contributed by atoms with Crippen LogP contribution in [0.3, 0.4) is 0 Å². The van der Waals surface area contributed by atoms with Gasteiger partial charge in [0.15, 0.2) is 5.03 Å². The first-order chi connectivity index (χ1) is 11.0. The van der Waals surface area contributed by atoms with E-state index in [0.717, 1.165) is 24.1 Å².